The average Bonchev–Trinajstić information content (AvgIpc) is 3.96. The second kappa shape index (κ2) is 18.1. The van der Waals surface area contributed by atoms with Crippen molar-refractivity contribution in [2.24, 2.45) is 0 Å². The molecule has 1 fully saturated rings. The minimum atomic E-state index is -0.267. The summed E-state index contributed by atoms with van der Waals surface area (Å²) in [6.07, 6.45) is 6.44. The van der Waals surface area contributed by atoms with Crippen LogP contribution in [0.25, 0.3) is 82.8 Å². The third-order valence-corrected chi connectivity index (χ3v) is 16.7. The Bertz CT molecular complexity index is 4060. The maximum absolute atomic E-state index is 2.50. The molecule has 1 atom stereocenters. The molecule has 0 saturated heterocycles. The van der Waals surface area contributed by atoms with Crippen LogP contribution < -0.4 is 4.90 Å². The Morgan fingerprint density at radius 2 is 1.03 bits per heavy atom. The molecule has 12 aromatic rings. The first-order valence-corrected chi connectivity index (χ1v) is 26.6. The molecule has 2 heteroatoms. The first-order chi connectivity index (χ1) is 36.6. The smallest absolute Gasteiger partial charge is 0.0541 e. The summed E-state index contributed by atoms with van der Waals surface area (Å²) in [5, 5.41) is 5.19. The lowest BCUT2D eigenvalue weighted by Crippen LogP contribution is -2.22. The topological polar surface area (TPSA) is 8.17 Å². The van der Waals surface area contributed by atoms with E-state index in [0.717, 1.165) is 17.1 Å². The van der Waals surface area contributed by atoms with Crippen LogP contribution in [0.15, 0.2) is 255 Å². The lowest BCUT2D eigenvalue weighted by atomic mass is 9.74. The maximum Gasteiger partial charge on any atom is 0.0541 e. The summed E-state index contributed by atoms with van der Waals surface area (Å²) < 4.78 is 2.39. The van der Waals surface area contributed by atoms with Gasteiger partial charge in [-0.15, -0.1) is 0 Å². The predicted molar refractivity (Wildman–Crippen MR) is 313 cm³/mol. The summed E-state index contributed by atoms with van der Waals surface area (Å²) in [6.45, 7) is 2.40. The highest BCUT2D eigenvalue weighted by Gasteiger charge is 2.40. The SMILES string of the molecule is CC1(c2ccccc2)c2ccccc2-c2ccc(-c3ccc(N(c4cccc(-c5ccc6c(c5)c5ccccc5n6-c5ccccc5)c4)c4ccccc4-c4cccc5cccc(C6CCCCC6)c45)cc3)cc21. The highest BCUT2D eigenvalue weighted by Crippen LogP contribution is 2.54. The molecule has 2 aliphatic rings. The van der Waals surface area contributed by atoms with Gasteiger partial charge in [0, 0.05) is 38.8 Å². The molecular weight excluding hydrogens is 893 g/mol. The molecule has 0 aliphatic heterocycles. The molecule has 1 unspecified atom stereocenters. The largest absolute Gasteiger partial charge is 0.310 e. The number of aromatic nitrogens is 1. The number of hydrogen-bond donors (Lipinski definition) is 0. The Morgan fingerprint density at radius 1 is 0.405 bits per heavy atom. The van der Waals surface area contributed by atoms with Gasteiger partial charge in [-0.1, -0.05) is 207 Å². The molecule has 1 heterocycles. The summed E-state index contributed by atoms with van der Waals surface area (Å²) in [6, 6.07) is 95.1. The summed E-state index contributed by atoms with van der Waals surface area (Å²) in [5.41, 5.74) is 22.1. The average molecular weight is 949 g/mol. The summed E-state index contributed by atoms with van der Waals surface area (Å²) in [7, 11) is 0. The van der Waals surface area contributed by atoms with Crippen LogP contribution in [0.3, 0.4) is 0 Å². The molecule has 0 spiro atoms. The third-order valence-electron chi connectivity index (χ3n) is 16.7. The lowest BCUT2D eigenvalue weighted by molar-refractivity contribution is 0.445. The van der Waals surface area contributed by atoms with E-state index < -0.39 is 0 Å². The van der Waals surface area contributed by atoms with E-state index in [1.807, 2.05) is 0 Å². The Kier molecular flexibility index (Phi) is 10.8. The van der Waals surface area contributed by atoms with Crippen molar-refractivity contribution in [1.29, 1.82) is 0 Å². The Labute approximate surface area is 434 Å². The normalized spacial score (nSPS) is 15.4. The molecule has 74 heavy (non-hydrogen) atoms. The van der Waals surface area contributed by atoms with Crippen LogP contribution in [-0.2, 0) is 5.41 Å². The van der Waals surface area contributed by atoms with E-state index in [1.54, 1.807) is 0 Å². The van der Waals surface area contributed by atoms with Gasteiger partial charge in [0.25, 0.3) is 0 Å². The van der Waals surface area contributed by atoms with Gasteiger partial charge in [-0.05, 0) is 164 Å². The van der Waals surface area contributed by atoms with Gasteiger partial charge in [0.15, 0.2) is 0 Å². The van der Waals surface area contributed by atoms with E-state index in [0.29, 0.717) is 5.92 Å². The van der Waals surface area contributed by atoms with Crippen LogP contribution in [-0.4, -0.2) is 4.57 Å². The molecule has 0 N–H and O–H groups in total. The lowest BCUT2D eigenvalue weighted by Gasteiger charge is -2.30. The molecule has 354 valence electrons. The number of para-hydroxylation sites is 3. The second-order valence-corrected chi connectivity index (χ2v) is 20.8. The summed E-state index contributed by atoms with van der Waals surface area (Å²) in [5.74, 6) is 0.569. The van der Waals surface area contributed by atoms with Gasteiger partial charge in [0.1, 0.15) is 0 Å². The predicted octanol–water partition coefficient (Wildman–Crippen LogP) is 19.8. The molecule has 0 bridgehead atoms. The second-order valence-electron chi connectivity index (χ2n) is 20.8. The standard InChI is InChI=1S/C72H56N2/c1-72(55-25-7-3-8-26-55)66-35-14-11-30-60(66)61-44-40-54(48-67(61)72)49-38-42-57(43-39-49)73(68-36-15-12-31-62(68)64-34-19-23-51-22-18-33-59(71(51)64)50-20-5-2-6-21-50)58-29-17-24-52(46-58)53-41-45-70-65(47-53)63-32-13-16-37-69(63)74(70)56-27-9-4-10-28-56/h3-4,7-19,22-48,50H,2,5-6,20-21H2,1H3. The quantitative estimate of drug-likeness (QED) is 0.140. The van der Waals surface area contributed by atoms with Crippen LogP contribution in [0, 0.1) is 0 Å². The number of rotatable bonds is 9. The van der Waals surface area contributed by atoms with Crippen LogP contribution in [0.4, 0.5) is 17.1 Å². The molecular formula is C72H56N2. The fourth-order valence-corrected chi connectivity index (χ4v) is 13.1. The van der Waals surface area contributed by atoms with Crippen LogP contribution in [0.1, 0.15) is 67.2 Å². The Balaban J connectivity index is 0.920. The molecule has 14 rings (SSSR count). The maximum atomic E-state index is 2.50. The Hall–Kier alpha value is -8.72. The highest BCUT2D eigenvalue weighted by molar-refractivity contribution is 6.11. The van der Waals surface area contributed by atoms with Crippen molar-refractivity contribution in [3.8, 4) is 50.2 Å². The van der Waals surface area contributed by atoms with Gasteiger partial charge in [-0.25, -0.2) is 0 Å². The summed E-state index contributed by atoms with van der Waals surface area (Å²) in [4.78, 5) is 2.50. The van der Waals surface area contributed by atoms with Gasteiger partial charge in [0.2, 0.25) is 0 Å². The molecule has 1 saturated carbocycles. The van der Waals surface area contributed by atoms with Gasteiger partial charge in [-0.2, -0.15) is 0 Å². The van der Waals surface area contributed by atoms with Gasteiger partial charge < -0.3 is 9.47 Å². The summed E-state index contributed by atoms with van der Waals surface area (Å²) >= 11 is 0. The number of hydrogen-bond acceptors (Lipinski definition) is 1. The zero-order valence-corrected chi connectivity index (χ0v) is 41.8. The van der Waals surface area contributed by atoms with Crippen molar-refractivity contribution in [2.45, 2.75) is 50.4 Å². The minimum Gasteiger partial charge on any atom is -0.310 e. The number of fused-ring (bicyclic) bond motifs is 7. The van der Waals surface area contributed by atoms with Gasteiger partial charge in [-0.3, -0.25) is 0 Å². The number of anilines is 3. The monoisotopic (exact) mass is 948 g/mol. The van der Waals surface area contributed by atoms with E-state index in [-0.39, 0.29) is 5.41 Å². The van der Waals surface area contributed by atoms with Crippen molar-refractivity contribution in [1.82, 2.24) is 4.57 Å². The van der Waals surface area contributed by atoms with Crippen LogP contribution >= 0.6 is 0 Å². The minimum absolute atomic E-state index is 0.267. The van der Waals surface area contributed by atoms with Gasteiger partial charge >= 0.3 is 0 Å². The van der Waals surface area contributed by atoms with Crippen molar-refractivity contribution >= 4 is 49.6 Å². The van der Waals surface area contributed by atoms with E-state index in [2.05, 4.69) is 271 Å². The molecule has 0 radical (unpaired) electrons. The van der Waals surface area contributed by atoms with Crippen molar-refractivity contribution < 1.29 is 0 Å². The zero-order chi connectivity index (χ0) is 49.2. The van der Waals surface area contributed by atoms with Crippen LogP contribution in [0.2, 0.25) is 0 Å². The first kappa shape index (κ1) is 44.0. The van der Waals surface area contributed by atoms with E-state index in [1.165, 1.54) is 137 Å². The number of benzene rings is 11. The molecule has 1 aromatic heterocycles. The zero-order valence-electron chi connectivity index (χ0n) is 41.8. The molecule has 2 aliphatic carbocycles. The van der Waals surface area contributed by atoms with Crippen LogP contribution in [0.5, 0.6) is 0 Å². The Morgan fingerprint density at radius 3 is 1.86 bits per heavy atom. The molecule has 11 aromatic carbocycles. The number of nitrogens with zero attached hydrogens (tertiary/aromatic N) is 2. The van der Waals surface area contributed by atoms with E-state index in [4.69, 9.17) is 0 Å². The molecule has 2 nitrogen and oxygen atoms in total. The highest BCUT2D eigenvalue weighted by atomic mass is 15.1. The van der Waals surface area contributed by atoms with Crippen molar-refractivity contribution in [3.63, 3.8) is 0 Å². The van der Waals surface area contributed by atoms with E-state index >= 15 is 0 Å². The van der Waals surface area contributed by atoms with Gasteiger partial charge in [0.05, 0.1) is 16.7 Å². The van der Waals surface area contributed by atoms with Crippen molar-refractivity contribution in [3.05, 3.63) is 277 Å². The van der Waals surface area contributed by atoms with E-state index in [9.17, 15) is 0 Å². The fourth-order valence-electron chi connectivity index (χ4n) is 13.1. The molecule has 0 amide bonds. The fraction of sp³-hybridized carbons (Fsp3) is 0.111. The third kappa shape index (κ3) is 7.23. The van der Waals surface area contributed by atoms with Crippen molar-refractivity contribution in [2.75, 3.05) is 4.90 Å². The first-order valence-electron chi connectivity index (χ1n) is 26.6.